The normalized spacial score (nSPS) is 14.5. The van der Waals surface area contributed by atoms with E-state index in [1.54, 1.807) is 6.07 Å². The molecule has 1 aliphatic rings. The summed E-state index contributed by atoms with van der Waals surface area (Å²) in [6, 6.07) is 6.32. The summed E-state index contributed by atoms with van der Waals surface area (Å²) in [5.74, 6) is -0.516. The molecular weight excluding hydrogens is 299 g/mol. The van der Waals surface area contributed by atoms with Crippen molar-refractivity contribution >= 4 is 17.5 Å². The van der Waals surface area contributed by atoms with E-state index >= 15 is 0 Å². The highest BCUT2D eigenvalue weighted by atomic mass is 19.1. The van der Waals surface area contributed by atoms with Gasteiger partial charge in [-0.1, -0.05) is 0 Å². The van der Waals surface area contributed by atoms with Gasteiger partial charge < -0.3 is 21.1 Å². The zero-order chi connectivity index (χ0) is 16.4. The number of halogens is 1. The SMILES string of the molecule is N#Cc1c(N)nc(N)nc1-c1cc(F)ccc1N1CCOCC1. The van der Waals surface area contributed by atoms with Crippen molar-refractivity contribution in [2.24, 2.45) is 0 Å². The maximum atomic E-state index is 13.8. The van der Waals surface area contributed by atoms with Crippen molar-refractivity contribution in [3.8, 4) is 17.3 Å². The number of rotatable bonds is 2. The lowest BCUT2D eigenvalue weighted by Crippen LogP contribution is -2.36. The van der Waals surface area contributed by atoms with Crippen LogP contribution in [0.5, 0.6) is 0 Å². The molecule has 7 nitrogen and oxygen atoms in total. The van der Waals surface area contributed by atoms with Crippen LogP contribution < -0.4 is 16.4 Å². The number of hydrogen-bond donors (Lipinski definition) is 2. The largest absolute Gasteiger partial charge is 0.382 e. The van der Waals surface area contributed by atoms with Gasteiger partial charge in [0.1, 0.15) is 23.3 Å². The van der Waals surface area contributed by atoms with Crippen molar-refractivity contribution in [3.63, 3.8) is 0 Å². The molecule has 1 saturated heterocycles. The molecule has 0 saturated carbocycles. The molecule has 0 spiro atoms. The Morgan fingerprint density at radius 3 is 2.65 bits per heavy atom. The molecule has 1 fully saturated rings. The first-order chi connectivity index (χ1) is 11.1. The minimum atomic E-state index is -0.434. The van der Waals surface area contributed by atoms with Crippen LogP contribution in [-0.2, 0) is 4.74 Å². The predicted octanol–water partition coefficient (Wildman–Crippen LogP) is 1.16. The van der Waals surface area contributed by atoms with Gasteiger partial charge >= 0.3 is 0 Å². The van der Waals surface area contributed by atoms with Crippen molar-refractivity contribution in [2.75, 3.05) is 42.7 Å². The van der Waals surface area contributed by atoms with Crippen molar-refractivity contribution in [1.29, 1.82) is 5.26 Å². The molecule has 0 bridgehead atoms. The van der Waals surface area contributed by atoms with Gasteiger partial charge in [-0.2, -0.15) is 10.2 Å². The summed E-state index contributed by atoms with van der Waals surface area (Å²) in [5, 5.41) is 9.34. The van der Waals surface area contributed by atoms with Gasteiger partial charge in [0, 0.05) is 24.3 Å². The topological polar surface area (TPSA) is 114 Å². The van der Waals surface area contributed by atoms with E-state index in [1.807, 2.05) is 11.0 Å². The number of nitrogens with zero attached hydrogens (tertiary/aromatic N) is 4. The van der Waals surface area contributed by atoms with Gasteiger partial charge in [-0.15, -0.1) is 0 Å². The number of hydrogen-bond acceptors (Lipinski definition) is 7. The van der Waals surface area contributed by atoms with Gasteiger partial charge in [-0.3, -0.25) is 0 Å². The van der Waals surface area contributed by atoms with Gasteiger partial charge in [0.25, 0.3) is 0 Å². The first-order valence-electron chi connectivity index (χ1n) is 7.06. The number of nitrogen functional groups attached to an aromatic ring is 2. The molecule has 23 heavy (non-hydrogen) atoms. The third-order valence-corrected chi connectivity index (χ3v) is 3.63. The summed E-state index contributed by atoms with van der Waals surface area (Å²) in [4.78, 5) is 9.95. The lowest BCUT2D eigenvalue weighted by Gasteiger charge is -2.30. The van der Waals surface area contributed by atoms with Crippen LogP contribution >= 0.6 is 0 Å². The smallest absolute Gasteiger partial charge is 0.222 e. The zero-order valence-electron chi connectivity index (χ0n) is 12.3. The minimum absolute atomic E-state index is 0.0211. The van der Waals surface area contributed by atoms with E-state index in [0.29, 0.717) is 31.9 Å². The molecule has 1 aromatic carbocycles. The molecule has 1 aliphatic heterocycles. The van der Waals surface area contributed by atoms with E-state index < -0.39 is 5.82 Å². The average molecular weight is 314 g/mol. The number of anilines is 3. The molecule has 0 radical (unpaired) electrons. The van der Waals surface area contributed by atoms with E-state index in [4.69, 9.17) is 16.2 Å². The van der Waals surface area contributed by atoms with Crippen LogP contribution in [0.15, 0.2) is 18.2 Å². The fraction of sp³-hybridized carbons (Fsp3) is 0.267. The molecule has 0 unspecified atom stereocenters. The molecular formula is C15H15FN6O. The molecule has 118 valence electrons. The van der Waals surface area contributed by atoms with Crippen molar-refractivity contribution in [1.82, 2.24) is 9.97 Å². The molecule has 3 rings (SSSR count). The van der Waals surface area contributed by atoms with E-state index in [9.17, 15) is 9.65 Å². The van der Waals surface area contributed by atoms with Crippen LogP contribution in [0.2, 0.25) is 0 Å². The molecule has 0 amide bonds. The van der Waals surface area contributed by atoms with Crippen LogP contribution in [0, 0.1) is 17.1 Å². The van der Waals surface area contributed by atoms with Gasteiger partial charge in [0.05, 0.1) is 18.9 Å². The highest BCUT2D eigenvalue weighted by molar-refractivity contribution is 5.82. The highest BCUT2D eigenvalue weighted by Crippen LogP contribution is 2.34. The fourth-order valence-electron chi connectivity index (χ4n) is 2.58. The first kappa shape index (κ1) is 15.0. The van der Waals surface area contributed by atoms with Gasteiger partial charge in [0.2, 0.25) is 5.95 Å². The number of ether oxygens (including phenoxy) is 1. The monoisotopic (exact) mass is 314 g/mol. The van der Waals surface area contributed by atoms with Crippen LogP contribution in [0.4, 0.5) is 21.8 Å². The van der Waals surface area contributed by atoms with Crippen molar-refractivity contribution < 1.29 is 9.13 Å². The van der Waals surface area contributed by atoms with E-state index in [0.717, 1.165) is 5.69 Å². The third kappa shape index (κ3) is 2.86. The fourth-order valence-corrected chi connectivity index (χ4v) is 2.58. The standard InChI is InChI=1S/C15H15FN6O/c16-9-1-2-12(22-3-5-23-6-4-22)10(7-9)13-11(8-17)14(18)21-15(19)20-13/h1-2,7H,3-6H2,(H4,18,19,20,21). The van der Waals surface area contributed by atoms with Crippen LogP contribution in [0.1, 0.15) is 5.56 Å². The third-order valence-electron chi connectivity index (χ3n) is 3.63. The number of aromatic nitrogens is 2. The zero-order valence-corrected chi connectivity index (χ0v) is 12.3. The predicted molar refractivity (Wildman–Crippen MR) is 84.0 cm³/mol. The number of benzene rings is 1. The second-order valence-corrected chi connectivity index (χ2v) is 5.06. The summed E-state index contributed by atoms with van der Waals surface area (Å²) in [7, 11) is 0. The molecule has 0 atom stereocenters. The Bertz CT molecular complexity index is 782. The molecule has 8 heteroatoms. The van der Waals surface area contributed by atoms with Gasteiger partial charge in [0.15, 0.2) is 0 Å². The van der Waals surface area contributed by atoms with Crippen LogP contribution in [0.3, 0.4) is 0 Å². The second-order valence-electron chi connectivity index (χ2n) is 5.06. The maximum absolute atomic E-state index is 13.8. The Balaban J connectivity index is 2.20. The van der Waals surface area contributed by atoms with E-state index in [1.165, 1.54) is 12.1 Å². The molecule has 2 heterocycles. The quantitative estimate of drug-likeness (QED) is 0.854. The summed E-state index contributed by atoms with van der Waals surface area (Å²) in [5.41, 5.74) is 12.9. The summed E-state index contributed by atoms with van der Waals surface area (Å²) in [6.45, 7) is 2.49. The number of nitriles is 1. The van der Waals surface area contributed by atoms with Crippen molar-refractivity contribution in [3.05, 3.63) is 29.6 Å². The Morgan fingerprint density at radius 2 is 1.96 bits per heavy atom. The number of nitrogens with two attached hydrogens (primary N) is 2. The summed E-state index contributed by atoms with van der Waals surface area (Å²) < 4.78 is 19.1. The maximum Gasteiger partial charge on any atom is 0.222 e. The molecule has 0 aliphatic carbocycles. The molecule has 2 aromatic rings. The minimum Gasteiger partial charge on any atom is -0.382 e. The van der Waals surface area contributed by atoms with Crippen LogP contribution in [-0.4, -0.2) is 36.3 Å². The lowest BCUT2D eigenvalue weighted by atomic mass is 10.0. The van der Waals surface area contributed by atoms with E-state index in [-0.39, 0.29) is 23.0 Å². The number of morpholine rings is 1. The Hall–Kier alpha value is -2.92. The Kier molecular flexibility index (Phi) is 3.95. The van der Waals surface area contributed by atoms with E-state index in [2.05, 4.69) is 9.97 Å². The summed E-state index contributed by atoms with van der Waals surface area (Å²) in [6.07, 6.45) is 0. The van der Waals surface area contributed by atoms with Crippen molar-refractivity contribution in [2.45, 2.75) is 0 Å². The summed E-state index contributed by atoms with van der Waals surface area (Å²) >= 11 is 0. The highest BCUT2D eigenvalue weighted by Gasteiger charge is 2.21. The molecule has 1 aromatic heterocycles. The van der Waals surface area contributed by atoms with Gasteiger partial charge in [-0.25, -0.2) is 9.37 Å². The first-order valence-corrected chi connectivity index (χ1v) is 7.06. The second kappa shape index (κ2) is 6.06. The van der Waals surface area contributed by atoms with Crippen LogP contribution in [0.25, 0.3) is 11.3 Å². The lowest BCUT2D eigenvalue weighted by molar-refractivity contribution is 0.123. The molecule has 4 N–H and O–H groups in total. The van der Waals surface area contributed by atoms with Gasteiger partial charge in [-0.05, 0) is 18.2 Å². The Morgan fingerprint density at radius 1 is 1.22 bits per heavy atom. The average Bonchev–Trinajstić information content (AvgIpc) is 2.55. The Labute approximate surface area is 132 Å².